The van der Waals surface area contributed by atoms with Gasteiger partial charge in [0, 0.05) is 43.5 Å². The van der Waals surface area contributed by atoms with Gasteiger partial charge in [-0.2, -0.15) is 5.10 Å². The summed E-state index contributed by atoms with van der Waals surface area (Å²) in [6, 6.07) is 8.58. The fourth-order valence-corrected chi connectivity index (χ4v) is 4.82. The van der Waals surface area contributed by atoms with Gasteiger partial charge in [-0.3, -0.25) is 9.69 Å². The molecule has 0 aliphatic carbocycles. The van der Waals surface area contributed by atoms with Gasteiger partial charge in [0.15, 0.2) is 0 Å². The number of hydrogen-bond acceptors (Lipinski definition) is 4. The molecule has 1 aromatic carbocycles. The molecule has 1 amide bonds. The summed E-state index contributed by atoms with van der Waals surface area (Å²) in [4.78, 5) is 18.0. The number of ether oxygens (including phenoxy) is 1. The first-order valence-electron chi connectivity index (χ1n) is 11.2. The number of morpholine rings is 1. The van der Waals surface area contributed by atoms with Gasteiger partial charge in [-0.1, -0.05) is 18.2 Å². The Bertz CT molecular complexity index is 885. The Hall–Kier alpha value is -2.18. The highest BCUT2D eigenvalue weighted by molar-refractivity contribution is 5.80. The quantitative estimate of drug-likeness (QED) is 0.760. The van der Waals surface area contributed by atoms with Gasteiger partial charge < -0.3 is 9.64 Å². The summed E-state index contributed by atoms with van der Waals surface area (Å²) in [6.07, 6.45) is 3.85. The molecule has 6 nitrogen and oxygen atoms in total. The highest BCUT2D eigenvalue weighted by atomic mass is 16.5. The second kappa shape index (κ2) is 9.31. The minimum atomic E-state index is 0.239. The van der Waals surface area contributed by atoms with Crippen LogP contribution in [0.25, 0.3) is 5.69 Å². The number of rotatable bonds is 5. The lowest BCUT2D eigenvalue weighted by atomic mass is 9.99. The molecule has 2 aliphatic heterocycles. The molecule has 0 bridgehead atoms. The van der Waals surface area contributed by atoms with Crippen molar-refractivity contribution >= 4 is 5.91 Å². The average Bonchev–Trinajstić information content (AvgIpc) is 3.03. The Kier molecular flexibility index (Phi) is 6.54. The van der Waals surface area contributed by atoms with E-state index in [9.17, 15) is 4.79 Å². The SMILES string of the molecule is Cc1ccccc1-n1nc(C)c(CC(=O)N2CCCC[C@H]2CN2CCOCC2)c1C. The minimum absolute atomic E-state index is 0.239. The number of hydrogen-bond donors (Lipinski definition) is 0. The van der Waals surface area contributed by atoms with Crippen LogP contribution >= 0.6 is 0 Å². The van der Waals surface area contributed by atoms with Gasteiger partial charge in [-0.25, -0.2) is 4.68 Å². The normalized spacial score (nSPS) is 20.5. The lowest BCUT2D eigenvalue weighted by Gasteiger charge is -2.39. The maximum atomic E-state index is 13.4. The largest absolute Gasteiger partial charge is 0.379 e. The van der Waals surface area contributed by atoms with E-state index < -0.39 is 0 Å². The molecule has 0 unspecified atom stereocenters. The van der Waals surface area contributed by atoms with E-state index in [0.29, 0.717) is 12.5 Å². The van der Waals surface area contributed by atoms with Crippen molar-refractivity contribution in [2.24, 2.45) is 0 Å². The molecule has 2 aromatic rings. The first-order valence-corrected chi connectivity index (χ1v) is 11.2. The highest BCUT2D eigenvalue weighted by Crippen LogP contribution is 2.24. The molecule has 0 spiro atoms. The maximum absolute atomic E-state index is 13.4. The molecule has 0 N–H and O–H groups in total. The minimum Gasteiger partial charge on any atom is -0.379 e. The molecular formula is C24H34N4O2. The number of benzene rings is 1. The number of aryl methyl sites for hydroxylation is 2. The van der Waals surface area contributed by atoms with E-state index in [1.54, 1.807) is 0 Å². The molecule has 6 heteroatoms. The monoisotopic (exact) mass is 410 g/mol. The van der Waals surface area contributed by atoms with Crippen LogP contribution in [-0.2, 0) is 16.0 Å². The first kappa shape index (κ1) is 21.1. The number of para-hydroxylation sites is 1. The molecule has 30 heavy (non-hydrogen) atoms. The molecule has 1 aromatic heterocycles. The number of nitrogens with zero attached hydrogens (tertiary/aromatic N) is 4. The summed E-state index contributed by atoms with van der Waals surface area (Å²) in [5.41, 5.74) is 5.35. The maximum Gasteiger partial charge on any atom is 0.227 e. The van der Waals surface area contributed by atoms with Gasteiger partial charge in [-0.15, -0.1) is 0 Å². The van der Waals surface area contributed by atoms with Crippen molar-refractivity contribution < 1.29 is 9.53 Å². The summed E-state index contributed by atoms with van der Waals surface area (Å²) in [7, 11) is 0. The van der Waals surface area contributed by atoms with Gasteiger partial charge in [0.2, 0.25) is 5.91 Å². The van der Waals surface area contributed by atoms with Crippen molar-refractivity contribution in [1.29, 1.82) is 0 Å². The second-order valence-corrected chi connectivity index (χ2v) is 8.67. The van der Waals surface area contributed by atoms with Crippen molar-refractivity contribution in [2.75, 3.05) is 39.4 Å². The lowest BCUT2D eigenvalue weighted by Crippen LogP contribution is -2.51. The van der Waals surface area contributed by atoms with Crippen molar-refractivity contribution in [3.05, 3.63) is 46.8 Å². The fourth-order valence-electron chi connectivity index (χ4n) is 4.82. The lowest BCUT2D eigenvalue weighted by molar-refractivity contribution is -0.134. The number of likely N-dealkylation sites (tertiary alicyclic amines) is 1. The smallest absolute Gasteiger partial charge is 0.227 e. The Morgan fingerprint density at radius 3 is 2.63 bits per heavy atom. The molecule has 0 saturated carbocycles. The molecular weight excluding hydrogens is 376 g/mol. The van der Waals surface area contributed by atoms with Crippen LogP contribution in [0.3, 0.4) is 0 Å². The molecule has 3 heterocycles. The predicted molar refractivity (Wildman–Crippen MR) is 118 cm³/mol. The van der Waals surface area contributed by atoms with Crippen molar-refractivity contribution in [3.8, 4) is 5.69 Å². The van der Waals surface area contributed by atoms with Crippen LogP contribution in [0.5, 0.6) is 0 Å². The van der Waals surface area contributed by atoms with E-state index in [-0.39, 0.29) is 5.91 Å². The number of amides is 1. The Labute approximate surface area is 179 Å². The zero-order chi connectivity index (χ0) is 21.1. The first-order chi connectivity index (χ1) is 14.5. The zero-order valence-electron chi connectivity index (χ0n) is 18.6. The third-order valence-corrected chi connectivity index (χ3v) is 6.63. The average molecular weight is 411 g/mol. The van der Waals surface area contributed by atoms with E-state index >= 15 is 0 Å². The number of aromatic nitrogens is 2. The molecule has 4 rings (SSSR count). The highest BCUT2D eigenvalue weighted by Gasteiger charge is 2.30. The van der Waals surface area contributed by atoms with Crippen LogP contribution in [0.15, 0.2) is 24.3 Å². The van der Waals surface area contributed by atoms with Crippen molar-refractivity contribution in [3.63, 3.8) is 0 Å². The van der Waals surface area contributed by atoms with Gasteiger partial charge in [0.25, 0.3) is 0 Å². The number of piperidine rings is 1. The Morgan fingerprint density at radius 1 is 1.10 bits per heavy atom. The molecule has 2 fully saturated rings. The third kappa shape index (κ3) is 4.44. The summed E-state index contributed by atoms with van der Waals surface area (Å²) in [6.45, 7) is 11.6. The van der Waals surface area contributed by atoms with Crippen molar-refractivity contribution in [2.45, 2.75) is 52.5 Å². The van der Waals surface area contributed by atoms with E-state index in [1.807, 2.05) is 23.7 Å². The second-order valence-electron chi connectivity index (χ2n) is 8.67. The molecule has 0 radical (unpaired) electrons. The molecule has 2 saturated heterocycles. The van der Waals surface area contributed by atoms with E-state index in [4.69, 9.17) is 9.84 Å². The van der Waals surface area contributed by atoms with E-state index in [1.165, 1.54) is 12.0 Å². The predicted octanol–water partition coefficient (Wildman–Crippen LogP) is 3.05. The Morgan fingerprint density at radius 2 is 1.87 bits per heavy atom. The summed E-state index contributed by atoms with van der Waals surface area (Å²) in [5, 5.41) is 4.78. The van der Waals surface area contributed by atoms with Gasteiger partial charge in [0.1, 0.15) is 0 Å². The van der Waals surface area contributed by atoms with E-state index in [2.05, 4.69) is 35.8 Å². The molecule has 1 atom stereocenters. The third-order valence-electron chi connectivity index (χ3n) is 6.63. The summed E-state index contributed by atoms with van der Waals surface area (Å²) < 4.78 is 7.48. The van der Waals surface area contributed by atoms with Crippen LogP contribution in [0, 0.1) is 20.8 Å². The van der Waals surface area contributed by atoms with Crippen molar-refractivity contribution in [1.82, 2.24) is 19.6 Å². The molecule has 2 aliphatic rings. The van der Waals surface area contributed by atoms with E-state index in [0.717, 1.165) is 74.9 Å². The number of carbonyl (C=O) groups excluding carboxylic acids is 1. The van der Waals surface area contributed by atoms with Gasteiger partial charge in [0.05, 0.1) is 31.0 Å². The standard InChI is InChI=1S/C24H34N4O2/c1-18-8-4-5-10-23(18)28-20(3)22(19(2)25-28)16-24(29)27-11-7-6-9-21(27)17-26-12-14-30-15-13-26/h4-5,8,10,21H,6-7,9,11-17H2,1-3H3/t21-/m0/s1. The van der Waals surface area contributed by atoms with Gasteiger partial charge in [-0.05, 0) is 51.7 Å². The summed E-state index contributed by atoms with van der Waals surface area (Å²) in [5.74, 6) is 0.239. The van der Waals surface area contributed by atoms with Gasteiger partial charge >= 0.3 is 0 Å². The summed E-state index contributed by atoms with van der Waals surface area (Å²) >= 11 is 0. The topological polar surface area (TPSA) is 50.6 Å². The fraction of sp³-hybridized carbons (Fsp3) is 0.583. The van der Waals surface area contributed by atoms with Crippen LogP contribution in [0.2, 0.25) is 0 Å². The van der Waals surface area contributed by atoms with Crippen LogP contribution in [0.4, 0.5) is 0 Å². The Balaban J connectivity index is 1.50. The zero-order valence-corrected chi connectivity index (χ0v) is 18.6. The molecule has 162 valence electrons. The van der Waals surface area contributed by atoms with Crippen LogP contribution in [-0.4, -0.2) is 70.9 Å². The number of carbonyl (C=O) groups is 1. The van der Waals surface area contributed by atoms with Crippen LogP contribution < -0.4 is 0 Å². The van der Waals surface area contributed by atoms with Crippen LogP contribution in [0.1, 0.15) is 41.8 Å².